The van der Waals surface area contributed by atoms with Gasteiger partial charge >= 0.3 is 0 Å². The fraction of sp³-hybridized carbons (Fsp3) is 0.444. The second-order valence-corrected chi connectivity index (χ2v) is 9.09. The first-order chi connectivity index (χ1) is 13.5. The van der Waals surface area contributed by atoms with E-state index >= 15 is 0 Å². The van der Waals surface area contributed by atoms with Crippen molar-refractivity contribution in [3.05, 3.63) is 41.6 Å². The maximum atomic E-state index is 12.8. The SMILES string of the molecule is O=S(=O)(c1cccc(Cl)c1)N1CCN(c2cc(N3CCOCC3)cnn2)CC1. The van der Waals surface area contributed by atoms with Gasteiger partial charge in [0.25, 0.3) is 0 Å². The summed E-state index contributed by atoms with van der Waals surface area (Å²) in [7, 11) is -3.55. The second kappa shape index (κ2) is 8.20. The van der Waals surface area contributed by atoms with E-state index in [0.717, 1.165) is 24.6 Å². The van der Waals surface area contributed by atoms with Crippen LogP contribution in [0.1, 0.15) is 0 Å². The molecule has 1 aromatic carbocycles. The summed E-state index contributed by atoms with van der Waals surface area (Å²) in [6, 6.07) is 8.39. The highest BCUT2D eigenvalue weighted by Gasteiger charge is 2.29. The van der Waals surface area contributed by atoms with E-state index in [0.29, 0.717) is 44.4 Å². The number of halogens is 1. The lowest BCUT2D eigenvalue weighted by molar-refractivity contribution is 0.122. The molecule has 150 valence electrons. The maximum absolute atomic E-state index is 12.8. The maximum Gasteiger partial charge on any atom is 0.243 e. The average molecular weight is 424 g/mol. The standard InChI is InChI=1S/C18H22ClN5O3S/c19-15-2-1-3-17(12-15)28(25,26)24-6-4-23(5-7-24)18-13-16(14-20-21-18)22-8-10-27-11-9-22/h1-3,12-14H,4-11H2. The number of aromatic nitrogens is 2. The molecule has 0 N–H and O–H groups in total. The molecular formula is C18H22ClN5O3S. The van der Waals surface area contributed by atoms with Crippen molar-refractivity contribution in [2.24, 2.45) is 0 Å². The van der Waals surface area contributed by atoms with Crippen LogP contribution in [0.5, 0.6) is 0 Å². The number of hydrogen-bond acceptors (Lipinski definition) is 7. The molecule has 28 heavy (non-hydrogen) atoms. The number of sulfonamides is 1. The summed E-state index contributed by atoms with van der Waals surface area (Å²) < 4.78 is 32.6. The van der Waals surface area contributed by atoms with Gasteiger partial charge < -0.3 is 14.5 Å². The zero-order valence-corrected chi connectivity index (χ0v) is 16.9. The summed E-state index contributed by atoms with van der Waals surface area (Å²) in [6.45, 7) is 4.96. The highest BCUT2D eigenvalue weighted by atomic mass is 35.5. The zero-order chi connectivity index (χ0) is 19.6. The lowest BCUT2D eigenvalue weighted by Gasteiger charge is -2.35. The number of piperazine rings is 1. The molecule has 0 amide bonds. The minimum Gasteiger partial charge on any atom is -0.378 e. The van der Waals surface area contributed by atoms with Crippen LogP contribution in [0, 0.1) is 0 Å². The molecule has 2 fully saturated rings. The van der Waals surface area contributed by atoms with Crippen molar-refractivity contribution in [2.75, 3.05) is 62.3 Å². The normalized spacial score (nSPS) is 19.0. The summed E-state index contributed by atoms with van der Waals surface area (Å²) >= 11 is 5.95. The summed E-state index contributed by atoms with van der Waals surface area (Å²) in [6.07, 6.45) is 1.76. The van der Waals surface area contributed by atoms with Gasteiger partial charge in [-0.1, -0.05) is 17.7 Å². The van der Waals surface area contributed by atoms with Crippen LogP contribution < -0.4 is 9.80 Å². The van der Waals surface area contributed by atoms with Crippen LogP contribution in [-0.2, 0) is 14.8 Å². The van der Waals surface area contributed by atoms with Crippen LogP contribution in [0.15, 0.2) is 41.4 Å². The summed E-state index contributed by atoms with van der Waals surface area (Å²) in [5, 5.41) is 8.80. The minimum absolute atomic E-state index is 0.225. The molecule has 2 saturated heterocycles. The monoisotopic (exact) mass is 423 g/mol. The topological polar surface area (TPSA) is 78.9 Å². The van der Waals surface area contributed by atoms with Crippen molar-refractivity contribution in [3.8, 4) is 0 Å². The fourth-order valence-electron chi connectivity index (χ4n) is 3.43. The van der Waals surface area contributed by atoms with Gasteiger partial charge in [-0.3, -0.25) is 0 Å². The first-order valence-electron chi connectivity index (χ1n) is 9.20. The number of rotatable bonds is 4. The van der Waals surface area contributed by atoms with Gasteiger partial charge in [-0.2, -0.15) is 9.40 Å². The molecule has 3 heterocycles. The molecule has 0 saturated carbocycles. The first kappa shape index (κ1) is 19.4. The van der Waals surface area contributed by atoms with Crippen molar-refractivity contribution >= 4 is 33.1 Å². The third-order valence-electron chi connectivity index (χ3n) is 5.00. The summed E-state index contributed by atoms with van der Waals surface area (Å²) in [4.78, 5) is 4.52. The molecule has 0 atom stereocenters. The third kappa shape index (κ3) is 4.07. The zero-order valence-electron chi connectivity index (χ0n) is 15.4. The Morgan fingerprint density at radius 3 is 2.43 bits per heavy atom. The van der Waals surface area contributed by atoms with E-state index in [1.54, 1.807) is 24.4 Å². The lowest BCUT2D eigenvalue weighted by Crippen LogP contribution is -2.49. The summed E-state index contributed by atoms with van der Waals surface area (Å²) in [5.41, 5.74) is 1.02. The Labute approximate surface area is 169 Å². The second-order valence-electron chi connectivity index (χ2n) is 6.72. The van der Waals surface area contributed by atoms with Crippen LogP contribution in [0.3, 0.4) is 0 Å². The smallest absolute Gasteiger partial charge is 0.243 e. The van der Waals surface area contributed by atoms with E-state index in [2.05, 4.69) is 20.0 Å². The van der Waals surface area contributed by atoms with E-state index in [9.17, 15) is 8.42 Å². The molecule has 4 rings (SSSR count). The highest BCUT2D eigenvalue weighted by Crippen LogP contribution is 2.24. The van der Waals surface area contributed by atoms with Gasteiger partial charge in [0.15, 0.2) is 5.82 Å². The van der Waals surface area contributed by atoms with Crippen LogP contribution in [0.25, 0.3) is 0 Å². The first-order valence-corrected chi connectivity index (χ1v) is 11.0. The number of hydrogen-bond donors (Lipinski definition) is 0. The predicted octanol–water partition coefficient (Wildman–Crippen LogP) is 1.48. The molecule has 0 radical (unpaired) electrons. The molecule has 2 aliphatic heterocycles. The van der Waals surface area contributed by atoms with Crippen LogP contribution in [0.4, 0.5) is 11.5 Å². The Kier molecular flexibility index (Phi) is 5.68. The number of ether oxygens (including phenoxy) is 1. The number of benzene rings is 1. The lowest BCUT2D eigenvalue weighted by atomic mass is 10.3. The predicted molar refractivity (Wildman–Crippen MR) is 107 cm³/mol. The van der Waals surface area contributed by atoms with E-state index in [1.165, 1.54) is 10.4 Å². The number of nitrogens with zero attached hydrogens (tertiary/aromatic N) is 5. The largest absolute Gasteiger partial charge is 0.378 e. The molecule has 2 aromatic rings. The van der Waals surface area contributed by atoms with E-state index < -0.39 is 10.0 Å². The number of morpholine rings is 1. The van der Waals surface area contributed by atoms with E-state index in [-0.39, 0.29) is 4.90 Å². The molecule has 0 spiro atoms. The Morgan fingerprint density at radius 1 is 0.964 bits per heavy atom. The van der Waals surface area contributed by atoms with Crippen LogP contribution >= 0.6 is 11.6 Å². The highest BCUT2D eigenvalue weighted by molar-refractivity contribution is 7.89. The number of anilines is 2. The third-order valence-corrected chi connectivity index (χ3v) is 7.13. The Balaban J connectivity index is 1.44. The minimum atomic E-state index is -3.55. The molecule has 0 unspecified atom stereocenters. The molecule has 0 aliphatic carbocycles. The Bertz CT molecular complexity index is 928. The van der Waals surface area contributed by atoms with Crippen LogP contribution in [-0.4, -0.2) is 75.4 Å². The van der Waals surface area contributed by atoms with Crippen molar-refractivity contribution in [2.45, 2.75) is 4.90 Å². The summed E-state index contributed by atoms with van der Waals surface area (Å²) in [5.74, 6) is 0.767. The van der Waals surface area contributed by atoms with Gasteiger partial charge in [-0.05, 0) is 18.2 Å². The van der Waals surface area contributed by atoms with Gasteiger partial charge in [0.2, 0.25) is 10.0 Å². The molecule has 8 nitrogen and oxygen atoms in total. The quantitative estimate of drug-likeness (QED) is 0.736. The van der Waals surface area contributed by atoms with Gasteiger partial charge in [-0.15, -0.1) is 5.10 Å². The van der Waals surface area contributed by atoms with Gasteiger partial charge in [0, 0.05) is 50.4 Å². The van der Waals surface area contributed by atoms with Crippen molar-refractivity contribution in [1.82, 2.24) is 14.5 Å². The Morgan fingerprint density at radius 2 is 1.71 bits per heavy atom. The van der Waals surface area contributed by atoms with Gasteiger partial charge in [-0.25, -0.2) is 8.42 Å². The fourth-order valence-corrected chi connectivity index (χ4v) is 5.15. The van der Waals surface area contributed by atoms with Gasteiger partial charge in [0.05, 0.1) is 30.0 Å². The van der Waals surface area contributed by atoms with E-state index in [1.807, 2.05) is 6.07 Å². The van der Waals surface area contributed by atoms with Crippen molar-refractivity contribution in [1.29, 1.82) is 0 Å². The van der Waals surface area contributed by atoms with Crippen LogP contribution in [0.2, 0.25) is 5.02 Å². The molecule has 10 heteroatoms. The average Bonchev–Trinajstić information content (AvgIpc) is 2.74. The van der Waals surface area contributed by atoms with E-state index in [4.69, 9.17) is 16.3 Å². The van der Waals surface area contributed by atoms with Gasteiger partial charge in [0.1, 0.15) is 0 Å². The van der Waals surface area contributed by atoms with Crippen molar-refractivity contribution in [3.63, 3.8) is 0 Å². The molecular weight excluding hydrogens is 402 g/mol. The molecule has 2 aliphatic rings. The molecule has 1 aromatic heterocycles. The molecule has 0 bridgehead atoms. The Hall–Kier alpha value is -1.94. The van der Waals surface area contributed by atoms with Crippen molar-refractivity contribution < 1.29 is 13.2 Å².